The van der Waals surface area contributed by atoms with E-state index in [2.05, 4.69) is 20.8 Å². The van der Waals surface area contributed by atoms with Crippen LogP contribution in [-0.4, -0.2) is 44.8 Å². The van der Waals surface area contributed by atoms with Gasteiger partial charge in [-0.15, -0.1) is 5.10 Å². The number of amides is 1. The number of carbonyl (C=O) groups is 2. The molecular weight excluding hydrogens is 426 g/mol. The molecule has 0 saturated carbocycles. The van der Waals surface area contributed by atoms with Gasteiger partial charge < -0.3 is 10.1 Å². The van der Waals surface area contributed by atoms with Crippen molar-refractivity contribution in [1.29, 1.82) is 0 Å². The van der Waals surface area contributed by atoms with Gasteiger partial charge in [-0.1, -0.05) is 30.0 Å². The number of hydrogen-bond acceptors (Lipinski definition) is 7. The Bertz CT molecular complexity index is 1210. The topological polar surface area (TPSA) is 99.0 Å². The summed E-state index contributed by atoms with van der Waals surface area (Å²) in [6.07, 6.45) is 0. The molecule has 1 N–H and O–H groups in total. The van der Waals surface area contributed by atoms with Crippen LogP contribution in [-0.2, 0) is 0 Å². The summed E-state index contributed by atoms with van der Waals surface area (Å²) in [7, 11) is 1.60. The Morgan fingerprint density at radius 1 is 0.938 bits per heavy atom. The molecule has 0 fully saturated rings. The molecule has 1 heterocycles. The van der Waals surface area contributed by atoms with E-state index in [1.165, 1.54) is 11.8 Å². The lowest BCUT2D eigenvalue weighted by Crippen LogP contribution is -2.12. The van der Waals surface area contributed by atoms with Crippen molar-refractivity contribution in [3.05, 3.63) is 90.0 Å². The fraction of sp³-hybridized carbons (Fsp3) is 0.0870. The van der Waals surface area contributed by atoms with Crippen LogP contribution in [0, 0.1) is 0 Å². The van der Waals surface area contributed by atoms with Crippen molar-refractivity contribution in [2.75, 3.05) is 18.2 Å². The van der Waals surface area contributed by atoms with Crippen LogP contribution in [0.15, 0.2) is 84.0 Å². The monoisotopic (exact) mass is 445 g/mol. The molecule has 0 aliphatic heterocycles. The third kappa shape index (κ3) is 5.01. The molecular formula is C23H19N5O3S. The Kier molecular flexibility index (Phi) is 6.57. The fourth-order valence-electron chi connectivity index (χ4n) is 2.90. The second-order valence-electron chi connectivity index (χ2n) is 6.68. The molecule has 9 heteroatoms. The molecule has 0 bridgehead atoms. The van der Waals surface area contributed by atoms with E-state index in [1.807, 2.05) is 30.3 Å². The molecule has 0 aliphatic carbocycles. The van der Waals surface area contributed by atoms with E-state index >= 15 is 0 Å². The van der Waals surface area contributed by atoms with Gasteiger partial charge in [0.05, 0.1) is 18.6 Å². The van der Waals surface area contributed by atoms with Gasteiger partial charge in [0.2, 0.25) is 5.16 Å². The first-order valence-corrected chi connectivity index (χ1v) is 10.7. The molecule has 1 aromatic heterocycles. The normalized spacial score (nSPS) is 10.5. The average molecular weight is 446 g/mol. The molecule has 8 nitrogen and oxygen atoms in total. The van der Waals surface area contributed by atoms with E-state index in [1.54, 1.807) is 60.3 Å². The maximum atomic E-state index is 12.6. The van der Waals surface area contributed by atoms with Gasteiger partial charge in [0.25, 0.3) is 5.91 Å². The Morgan fingerprint density at radius 3 is 2.34 bits per heavy atom. The van der Waals surface area contributed by atoms with Gasteiger partial charge in [-0.05, 0) is 71.1 Å². The number of Topliss-reactive ketones (excluding diaryl/α,β-unsaturated/α-hetero) is 1. The number of tetrazole rings is 1. The number of aromatic nitrogens is 4. The molecule has 32 heavy (non-hydrogen) atoms. The third-order valence-electron chi connectivity index (χ3n) is 4.59. The third-order valence-corrected chi connectivity index (χ3v) is 5.51. The smallest absolute Gasteiger partial charge is 0.255 e. The number of nitrogens with zero attached hydrogens (tertiary/aromatic N) is 4. The van der Waals surface area contributed by atoms with Gasteiger partial charge in [-0.2, -0.15) is 4.68 Å². The molecule has 4 aromatic rings. The second kappa shape index (κ2) is 9.88. The van der Waals surface area contributed by atoms with Gasteiger partial charge in [-0.25, -0.2) is 0 Å². The highest BCUT2D eigenvalue weighted by atomic mass is 32.2. The molecule has 0 atom stereocenters. The SMILES string of the molecule is COc1ccc(-n2nnnc2SCC(=O)c2ccc(NC(=O)c3ccccc3)cc2)cc1. The highest BCUT2D eigenvalue weighted by Crippen LogP contribution is 2.21. The van der Waals surface area contributed by atoms with Gasteiger partial charge >= 0.3 is 0 Å². The Balaban J connectivity index is 1.37. The quantitative estimate of drug-likeness (QED) is 0.324. The summed E-state index contributed by atoms with van der Waals surface area (Å²) in [5.41, 5.74) is 2.49. The predicted molar refractivity (Wildman–Crippen MR) is 122 cm³/mol. The number of anilines is 1. The summed E-state index contributed by atoms with van der Waals surface area (Å²) >= 11 is 1.25. The minimum absolute atomic E-state index is 0.0692. The van der Waals surface area contributed by atoms with Crippen molar-refractivity contribution >= 4 is 29.1 Å². The van der Waals surface area contributed by atoms with Gasteiger partial charge in [0.15, 0.2) is 5.78 Å². The molecule has 4 rings (SSSR count). The van der Waals surface area contributed by atoms with E-state index in [9.17, 15) is 9.59 Å². The van der Waals surface area contributed by atoms with E-state index in [0.717, 1.165) is 11.4 Å². The zero-order chi connectivity index (χ0) is 22.3. The van der Waals surface area contributed by atoms with Gasteiger partial charge in [-0.3, -0.25) is 9.59 Å². The molecule has 3 aromatic carbocycles. The number of thioether (sulfide) groups is 1. The first kappa shape index (κ1) is 21.3. The lowest BCUT2D eigenvalue weighted by Gasteiger charge is -2.07. The number of hydrogen-bond donors (Lipinski definition) is 1. The minimum Gasteiger partial charge on any atom is -0.497 e. The van der Waals surface area contributed by atoms with Crippen molar-refractivity contribution in [2.45, 2.75) is 5.16 Å². The maximum Gasteiger partial charge on any atom is 0.255 e. The maximum absolute atomic E-state index is 12.6. The zero-order valence-corrected chi connectivity index (χ0v) is 18.0. The minimum atomic E-state index is -0.203. The Morgan fingerprint density at radius 2 is 1.66 bits per heavy atom. The number of ketones is 1. The Hall–Kier alpha value is -3.98. The van der Waals surface area contributed by atoms with E-state index in [4.69, 9.17) is 4.74 Å². The highest BCUT2D eigenvalue weighted by molar-refractivity contribution is 7.99. The van der Waals surface area contributed by atoms with Crippen molar-refractivity contribution in [1.82, 2.24) is 20.2 Å². The van der Waals surface area contributed by atoms with Crippen LogP contribution in [0.3, 0.4) is 0 Å². The molecule has 160 valence electrons. The number of rotatable bonds is 8. The molecule has 0 aliphatic rings. The van der Waals surface area contributed by atoms with E-state index in [-0.39, 0.29) is 17.4 Å². The summed E-state index contributed by atoms with van der Waals surface area (Å²) in [6, 6.07) is 23.0. The number of benzene rings is 3. The second-order valence-corrected chi connectivity index (χ2v) is 7.62. The first-order chi connectivity index (χ1) is 15.6. The van der Waals surface area contributed by atoms with Gasteiger partial charge in [0, 0.05) is 16.8 Å². The number of methoxy groups -OCH3 is 1. The van der Waals surface area contributed by atoms with Crippen LogP contribution in [0.5, 0.6) is 5.75 Å². The standard InChI is InChI=1S/C23H19N5O3S/c1-31-20-13-11-19(12-14-20)28-23(25-26-27-28)32-15-21(29)16-7-9-18(10-8-16)24-22(30)17-5-3-2-4-6-17/h2-14H,15H2,1H3,(H,24,30). The fourth-order valence-corrected chi connectivity index (χ4v) is 3.69. The van der Waals surface area contributed by atoms with Crippen molar-refractivity contribution in [2.24, 2.45) is 0 Å². The molecule has 0 radical (unpaired) electrons. The van der Waals surface area contributed by atoms with Crippen molar-refractivity contribution in [3.63, 3.8) is 0 Å². The molecule has 0 spiro atoms. The van der Waals surface area contributed by atoms with E-state index < -0.39 is 0 Å². The summed E-state index contributed by atoms with van der Waals surface area (Å²) in [4.78, 5) is 24.9. The number of ether oxygens (including phenoxy) is 1. The van der Waals surface area contributed by atoms with Crippen LogP contribution in [0.2, 0.25) is 0 Å². The number of carbonyl (C=O) groups excluding carboxylic acids is 2. The average Bonchev–Trinajstić information content (AvgIpc) is 3.32. The van der Waals surface area contributed by atoms with Crippen molar-refractivity contribution in [3.8, 4) is 11.4 Å². The van der Waals surface area contributed by atoms with Crippen LogP contribution < -0.4 is 10.1 Å². The highest BCUT2D eigenvalue weighted by Gasteiger charge is 2.13. The van der Waals surface area contributed by atoms with Crippen LogP contribution in [0.1, 0.15) is 20.7 Å². The Labute approximate surface area is 188 Å². The zero-order valence-electron chi connectivity index (χ0n) is 17.1. The van der Waals surface area contributed by atoms with E-state index in [0.29, 0.717) is 22.0 Å². The molecule has 0 saturated heterocycles. The summed E-state index contributed by atoms with van der Waals surface area (Å²) < 4.78 is 6.73. The molecule has 0 unspecified atom stereocenters. The lowest BCUT2D eigenvalue weighted by atomic mass is 10.1. The number of nitrogens with one attached hydrogen (secondary N) is 1. The summed E-state index contributed by atoms with van der Waals surface area (Å²) in [6.45, 7) is 0. The van der Waals surface area contributed by atoms with Gasteiger partial charge in [0.1, 0.15) is 5.75 Å². The van der Waals surface area contributed by atoms with Crippen LogP contribution in [0.25, 0.3) is 5.69 Å². The lowest BCUT2D eigenvalue weighted by molar-refractivity contribution is 0.101. The van der Waals surface area contributed by atoms with Crippen LogP contribution in [0.4, 0.5) is 5.69 Å². The summed E-state index contributed by atoms with van der Waals surface area (Å²) in [5, 5.41) is 15.1. The first-order valence-electron chi connectivity index (χ1n) is 9.69. The largest absolute Gasteiger partial charge is 0.497 e. The van der Waals surface area contributed by atoms with Crippen LogP contribution >= 0.6 is 11.8 Å². The predicted octanol–water partition coefficient (Wildman–Crippen LogP) is 3.90. The van der Waals surface area contributed by atoms with Crippen molar-refractivity contribution < 1.29 is 14.3 Å². The summed E-state index contributed by atoms with van der Waals surface area (Å²) in [5.74, 6) is 0.632. The molecule has 1 amide bonds.